The predicted octanol–water partition coefficient (Wildman–Crippen LogP) is -1.33. The zero-order chi connectivity index (χ0) is 74.3. The average Bonchev–Trinajstić information content (AvgIpc) is 0.793. The number of aromatic amines is 1. The number of aliphatic carboxylic acids is 3. The predicted molar refractivity (Wildman–Crippen MR) is 354 cm³/mol. The molecule has 4 aliphatic rings. The monoisotopic (exact) mass is 1430 g/mol. The highest BCUT2D eigenvalue weighted by Crippen LogP contribution is 2.52. The summed E-state index contributed by atoms with van der Waals surface area (Å²) in [6.07, 6.45) is -8.20. The SMILES string of the molecule is Cc1cccc2c1C(=O)c1c(O)c3c(c(O)c1C2=O)C[C@@](O)(/C(CO)=N\NC(=O)CCN1C(=O)CC(SC[C@H](CC(=O)[C@H](CC(=O)O)NC(=O)[C@@H](N)CNC(=O)CC[C@@H](CC(=O)c2ccc(CCc4cnc5nc(N)[nH]c(=O)c5n4)cc2)C(=O)O)C(=O)O)C1=O)C[C@@H]3O[C@H]1C[C@@H](N)[C@H](O)C(C)O1. The molecule has 5 amide bonds. The lowest BCUT2D eigenvalue weighted by Gasteiger charge is -2.43. The first-order valence-corrected chi connectivity index (χ1v) is 33.2. The Morgan fingerprint density at radius 3 is 2.27 bits per heavy atom. The summed E-state index contributed by atoms with van der Waals surface area (Å²) in [4.78, 5) is 185. The van der Waals surface area contributed by atoms with E-state index >= 15 is 0 Å². The maximum Gasteiger partial charge on any atom is 0.307 e. The van der Waals surface area contributed by atoms with E-state index < -0.39 is 247 Å². The summed E-state index contributed by atoms with van der Waals surface area (Å²) in [5.74, 6) is -17.4. The second-order valence-electron chi connectivity index (χ2n) is 25.3. The van der Waals surface area contributed by atoms with Crippen molar-refractivity contribution in [2.45, 2.75) is 144 Å². The molecule has 0 spiro atoms. The highest BCUT2D eigenvalue weighted by molar-refractivity contribution is 8.00. The first-order chi connectivity index (χ1) is 48.3. The number of nitrogens with one attached hydrogen (secondary N) is 4. The zero-order valence-corrected chi connectivity index (χ0v) is 55.6. The van der Waals surface area contributed by atoms with Crippen LogP contribution in [0.25, 0.3) is 11.2 Å². The number of amides is 5. The Hall–Kier alpha value is -10.3. The molecule has 0 bridgehead atoms. The lowest BCUT2D eigenvalue weighted by Crippen LogP contribution is -2.53. The van der Waals surface area contributed by atoms with Crippen molar-refractivity contribution in [3.63, 3.8) is 0 Å². The molecule has 2 aliphatic carbocycles. The molecule has 542 valence electrons. The molecule has 2 fully saturated rings. The molecular formula is C66H74N12O23S. The summed E-state index contributed by atoms with van der Waals surface area (Å²) in [5.41, 5.74) is 16.7. The van der Waals surface area contributed by atoms with Crippen LogP contribution < -0.4 is 38.8 Å². The van der Waals surface area contributed by atoms with Gasteiger partial charge in [0.2, 0.25) is 35.5 Å². The molecule has 2 saturated heterocycles. The number of benzene rings is 3. The number of carbonyl (C=O) groups excluding carboxylic acids is 9. The van der Waals surface area contributed by atoms with E-state index in [-0.39, 0.29) is 57.8 Å². The lowest BCUT2D eigenvalue weighted by atomic mass is 9.71. The highest BCUT2D eigenvalue weighted by atomic mass is 32.2. The number of likely N-dealkylation sites (tertiary alicyclic amines) is 1. The van der Waals surface area contributed by atoms with Gasteiger partial charge >= 0.3 is 17.9 Å². The number of hydrogen-bond donors (Lipinski definition) is 15. The molecule has 0 radical (unpaired) electrons. The number of carboxylic acids is 3. The molecule has 102 heavy (non-hydrogen) atoms. The summed E-state index contributed by atoms with van der Waals surface area (Å²) in [6.45, 7) is 0.863. The number of carbonyl (C=O) groups is 12. The van der Waals surface area contributed by atoms with Gasteiger partial charge in [0.05, 0.1) is 83.2 Å². The molecule has 35 nitrogen and oxygen atoms in total. The minimum atomic E-state index is -2.38. The molecule has 5 aromatic rings. The van der Waals surface area contributed by atoms with Gasteiger partial charge in [-0.1, -0.05) is 42.5 Å². The third kappa shape index (κ3) is 17.2. The number of nitrogen functional groups attached to an aromatic ring is 1. The third-order valence-corrected chi connectivity index (χ3v) is 19.5. The van der Waals surface area contributed by atoms with Crippen LogP contribution in [0.2, 0.25) is 0 Å². The van der Waals surface area contributed by atoms with Crippen molar-refractivity contribution in [3.8, 4) is 11.5 Å². The van der Waals surface area contributed by atoms with Crippen LogP contribution in [0.1, 0.15) is 141 Å². The number of aryl methyl sites for hydroxylation is 3. The van der Waals surface area contributed by atoms with Crippen LogP contribution in [-0.2, 0) is 71.9 Å². The summed E-state index contributed by atoms with van der Waals surface area (Å²) in [5, 5.41) is 94.3. The molecule has 2 aromatic heterocycles. The van der Waals surface area contributed by atoms with Gasteiger partial charge in [-0.15, -0.1) is 11.8 Å². The molecule has 36 heteroatoms. The summed E-state index contributed by atoms with van der Waals surface area (Å²) in [7, 11) is 0. The van der Waals surface area contributed by atoms with Crippen LogP contribution in [0.4, 0.5) is 5.95 Å². The first-order valence-electron chi connectivity index (χ1n) is 32.1. The second kappa shape index (κ2) is 32.1. The normalized spacial score (nSPS) is 21.4. The Bertz CT molecular complexity index is 4310. The largest absolute Gasteiger partial charge is 0.507 e. The standard InChI is InChI=1S/C66H74N12O23S/c1-27-4-3-5-34-49(27)57(90)52-51(55(34)88)56(89)35-21-66(99,22-41(50(35)58(52)91)101-48-18-36(67)54(87)28(2)100-48)43(25-79)76-77-45(83)14-15-78-46(84)20-42(62(78)94)102-26-32(64(97)98)17-40(81)38(19-47(85)86)73-60(92)37(68)24-70-44(82)13-11-31(63(95)96)16-39(80)30-9-6-29(7-10-30)8-12-33-23-71-59-53(72-33)61(93)75-65(69)74-59/h3-7,9-10,23,28,31-32,36-38,41-42,48,54,79,87,89,91,99H,8,11-22,24-26,67-68H2,1-2H3,(H,70,82)(H,73,92)(H,77,83)(H,85,86)(H,95,96)(H,97,98)(H3,69,71,74,75,93)/b76-43-/t28?,31-,32-,36+,37-,38-,41-,42?,48-,54+,66-/m0/s1. The fraction of sp³-hybridized carbons (Fsp3) is 0.439. The van der Waals surface area contributed by atoms with E-state index in [0.717, 1.165) is 5.56 Å². The Balaban J connectivity index is 0.743. The number of phenols is 2. The van der Waals surface area contributed by atoms with Crippen LogP contribution in [-0.4, -0.2) is 215 Å². The number of thioether (sulfide) groups is 1. The van der Waals surface area contributed by atoms with Gasteiger partial charge in [-0.3, -0.25) is 72.2 Å². The van der Waals surface area contributed by atoms with Crippen molar-refractivity contribution in [1.82, 2.24) is 40.9 Å². The number of ether oxygens (including phenoxy) is 2. The smallest absolute Gasteiger partial charge is 0.307 e. The number of aliphatic hydroxyl groups is 3. The van der Waals surface area contributed by atoms with E-state index in [0.29, 0.717) is 40.8 Å². The number of nitrogens with zero attached hydrogens (tertiary/aromatic N) is 5. The molecule has 3 aromatic carbocycles. The Kier molecular flexibility index (Phi) is 23.9. The van der Waals surface area contributed by atoms with E-state index in [4.69, 9.17) is 26.7 Å². The van der Waals surface area contributed by atoms with E-state index in [1.54, 1.807) is 25.1 Å². The number of ketones is 4. The lowest BCUT2D eigenvalue weighted by molar-refractivity contribution is -0.245. The fourth-order valence-electron chi connectivity index (χ4n) is 12.5. The van der Waals surface area contributed by atoms with E-state index in [1.807, 2.05) is 0 Å². The molecule has 0 saturated carbocycles. The number of Topliss-reactive ketones (excluding diaryl/α,β-unsaturated/α-hetero) is 2. The Morgan fingerprint density at radius 2 is 1.60 bits per heavy atom. The number of fused-ring (bicyclic) bond motifs is 4. The van der Waals surface area contributed by atoms with Crippen molar-refractivity contribution in [2.75, 3.05) is 31.2 Å². The van der Waals surface area contributed by atoms with Gasteiger partial charge < -0.3 is 78.2 Å². The van der Waals surface area contributed by atoms with Crippen molar-refractivity contribution >= 4 is 105 Å². The van der Waals surface area contributed by atoms with Crippen LogP contribution in [0.5, 0.6) is 11.5 Å². The quantitative estimate of drug-likeness (QED) is 0.00788. The summed E-state index contributed by atoms with van der Waals surface area (Å²) < 4.78 is 12.1. The first kappa shape index (κ1) is 75.9. The van der Waals surface area contributed by atoms with Crippen LogP contribution >= 0.6 is 11.8 Å². The number of aliphatic hydroxyl groups excluding tert-OH is 2. The minimum Gasteiger partial charge on any atom is -0.507 e. The van der Waals surface area contributed by atoms with Gasteiger partial charge in [0.25, 0.3) is 5.56 Å². The van der Waals surface area contributed by atoms with Crippen molar-refractivity contribution in [3.05, 3.63) is 115 Å². The summed E-state index contributed by atoms with van der Waals surface area (Å²) >= 11 is 0.668. The van der Waals surface area contributed by atoms with Gasteiger partial charge in [-0.2, -0.15) is 10.1 Å². The van der Waals surface area contributed by atoms with Gasteiger partial charge in [0, 0.05) is 104 Å². The number of hydrazone groups is 1. The average molecular weight is 1440 g/mol. The number of phenolic OH excluding ortho intramolecular Hbond substituents is 2. The molecule has 4 heterocycles. The van der Waals surface area contributed by atoms with Gasteiger partial charge in [-0.05, 0) is 44.2 Å². The van der Waals surface area contributed by atoms with E-state index in [9.17, 15) is 103 Å². The zero-order valence-electron chi connectivity index (χ0n) is 54.8. The molecule has 9 rings (SSSR count). The van der Waals surface area contributed by atoms with E-state index in [2.05, 4.69) is 41.1 Å². The second-order valence-corrected chi connectivity index (χ2v) is 26.5. The summed E-state index contributed by atoms with van der Waals surface area (Å²) in [6, 6.07) is 6.47. The maximum absolute atomic E-state index is 14.1. The number of nitrogens with two attached hydrogens (primary N) is 3. The number of anilines is 1. The van der Waals surface area contributed by atoms with Crippen molar-refractivity contribution in [1.29, 1.82) is 0 Å². The number of imide groups is 1. The van der Waals surface area contributed by atoms with Crippen LogP contribution in [0.15, 0.2) is 58.6 Å². The van der Waals surface area contributed by atoms with Crippen LogP contribution in [0, 0.1) is 18.8 Å². The molecule has 2 aliphatic heterocycles. The van der Waals surface area contributed by atoms with Gasteiger partial charge in [0.1, 0.15) is 23.1 Å². The number of H-pyrrole nitrogens is 1. The molecule has 18 N–H and O–H groups in total. The van der Waals surface area contributed by atoms with Crippen molar-refractivity contribution < 1.29 is 108 Å². The van der Waals surface area contributed by atoms with Crippen molar-refractivity contribution in [2.24, 2.45) is 28.4 Å². The number of carboxylic acid groups (broad SMARTS) is 3. The Labute approximate surface area is 582 Å². The highest BCUT2D eigenvalue weighted by Gasteiger charge is 2.50. The maximum atomic E-state index is 14.1. The number of aromatic nitrogens is 4. The molecule has 11 atom stereocenters. The molecule has 2 unspecified atom stereocenters. The number of rotatable bonds is 31. The van der Waals surface area contributed by atoms with Gasteiger partial charge in [-0.25, -0.2) is 15.4 Å². The van der Waals surface area contributed by atoms with E-state index in [1.165, 1.54) is 37.4 Å². The number of hydrogen-bond acceptors (Lipinski definition) is 28. The topological polar surface area (TPSA) is 586 Å². The fourth-order valence-corrected chi connectivity index (χ4v) is 13.7. The third-order valence-electron chi connectivity index (χ3n) is 18.1. The van der Waals surface area contributed by atoms with Gasteiger partial charge in [0.15, 0.2) is 40.6 Å². The minimum absolute atomic E-state index is 0.0122. The molecular weight excluding hydrogens is 1360 g/mol. The van der Waals surface area contributed by atoms with Crippen LogP contribution in [0.3, 0.4) is 0 Å². The number of aromatic hydroxyl groups is 2. The Morgan fingerprint density at radius 1 is 0.892 bits per heavy atom.